The third-order valence-electron chi connectivity index (χ3n) is 3.33. The minimum absolute atomic E-state index is 0.0198. The van der Waals surface area contributed by atoms with E-state index in [9.17, 15) is 10.1 Å². The topological polar surface area (TPSA) is 78.4 Å². The summed E-state index contributed by atoms with van der Waals surface area (Å²) in [5.41, 5.74) is 5.97. The quantitative estimate of drug-likeness (QED) is 0.506. The van der Waals surface area contributed by atoms with E-state index in [4.69, 9.17) is 10.5 Å². The summed E-state index contributed by atoms with van der Waals surface area (Å²) in [5, 5.41) is 10.7. The second-order valence-electron chi connectivity index (χ2n) is 4.83. The highest BCUT2D eigenvalue weighted by molar-refractivity contribution is 5.53. The van der Waals surface area contributed by atoms with Gasteiger partial charge in [-0.15, -0.1) is 0 Å². The molecular formula is C13H18N2O3. The Kier molecular flexibility index (Phi) is 4.02. The molecule has 5 nitrogen and oxygen atoms in total. The van der Waals surface area contributed by atoms with Crippen LogP contribution in [0.3, 0.4) is 0 Å². The van der Waals surface area contributed by atoms with Crippen molar-refractivity contribution in [1.82, 2.24) is 0 Å². The Bertz CT molecular complexity index is 428. The second-order valence-corrected chi connectivity index (χ2v) is 4.83. The normalized spacial score (nSPS) is 16.4. The maximum absolute atomic E-state index is 10.7. The molecule has 5 heteroatoms. The number of nitro benzene ring substituents is 1. The van der Waals surface area contributed by atoms with Gasteiger partial charge in [-0.1, -0.05) is 19.3 Å². The highest BCUT2D eigenvalue weighted by atomic mass is 16.6. The molecule has 2 N–H and O–H groups in total. The lowest BCUT2D eigenvalue weighted by Gasteiger charge is -2.21. The molecule has 0 atom stereocenters. The number of nitrogen functional groups attached to an aromatic ring is 1. The third-order valence-corrected chi connectivity index (χ3v) is 3.33. The number of non-ortho nitro benzene ring substituents is 1. The Morgan fingerprint density at radius 2 is 2.00 bits per heavy atom. The van der Waals surface area contributed by atoms with Crippen LogP contribution in [-0.2, 0) is 0 Å². The van der Waals surface area contributed by atoms with Crippen molar-refractivity contribution in [3.63, 3.8) is 0 Å². The Morgan fingerprint density at radius 3 is 2.67 bits per heavy atom. The van der Waals surface area contributed by atoms with Gasteiger partial charge in [-0.05, 0) is 18.8 Å². The molecule has 0 amide bonds. The summed E-state index contributed by atoms with van der Waals surface area (Å²) in [6.45, 7) is 0.626. The molecule has 0 spiro atoms. The zero-order chi connectivity index (χ0) is 13.0. The van der Waals surface area contributed by atoms with E-state index in [2.05, 4.69) is 0 Å². The van der Waals surface area contributed by atoms with Gasteiger partial charge in [0.15, 0.2) is 0 Å². The number of nitrogens with two attached hydrogens (primary N) is 1. The van der Waals surface area contributed by atoms with Crippen LogP contribution < -0.4 is 10.5 Å². The van der Waals surface area contributed by atoms with Crippen molar-refractivity contribution < 1.29 is 9.66 Å². The molecule has 2 rings (SSSR count). The molecule has 1 saturated carbocycles. The van der Waals surface area contributed by atoms with E-state index in [0.717, 1.165) is 0 Å². The van der Waals surface area contributed by atoms with E-state index in [1.54, 1.807) is 6.07 Å². The molecule has 1 aliphatic rings. The van der Waals surface area contributed by atoms with Crippen LogP contribution in [0.1, 0.15) is 32.1 Å². The van der Waals surface area contributed by atoms with Crippen molar-refractivity contribution in [2.24, 2.45) is 5.92 Å². The summed E-state index contributed by atoms with van der Waals surface area (Å²) in [5.74, 6) is 1.06. The van der Waals surface area contributed by atoms with Crippen LogP contribution in [0.4, 0.5) is 11.4 Å². The molecule has 1 aromatic carbocycles. The lowest BCUT2D eigenvalue weighted by atomic mass is 9.90. The molecule has 1 aliphatic carbocycles. The summed E-state index contributed by atoms with van der Waals surface area (Å²) in [6, 6.07) is 4.41. The number of benzene rings is 1. The summed E-state index contributed by atoms with van der Waals surface area (Å²) < 4.78 is 5.63. The van der Waals surface area contributed by atoms with E-state index in [1.165, 1.54) is 44.2 Å². The van der Waals surface area contributed by atoms with Gasteiger partial charge >= 0.3 is 0 Å². The highest BCUT2D eigenvalue weighted by Crippen LogP contribution is 2.27. The van der Waals surface area contributed by atoms with Crippen LogP contribution in [0.15, 0.2) is 18.2 Å². The van der Waals surface area contributed by atoms with Crippen molar-refractivity contribution in [3.05, 3.63) is 28.3 Å². The SMILES string of the molecule is Nc1cc(OCC2CCCCC2)cc([N+](=O)[O-])c1. The summed E-state index contributed by atoms with van der Waals surface area (Å²) in [7, 11) is 0. The molecule has 0 heterocycles. The van der Waals surface area contributed by atoms with Gasteiger partial charge < -0.3 is 10.5 Å². The number of rotatable bonds is 4. The fourth-order valence-electron chi connectivity index (χ4n) is 2.36. The van der Waals surface area contributed by atoms with Crippen LogP contribution in [0.5, 0.6) is 5.75 Å². The largest absolute Gasteiger partial charge is 0.493 e. The summed E-state index contributed by atoms with van der Waals surface area (Å²) in [6.07, 6.45) is 6.19. The standard InChI is InChI=1S/C13H18N2O3/c14-11-6-12(15(16)17)8-13(7-11)18-9-10-4-2-1-3-5-10/h6-8,10H,1-5,9,14H2. The molecule has 98 valence electrons. The first-order valence-corrected chi connectivity index (χ1v) is 6.33. The minimum atomic E-state index is -0.455. The van der Waals surface area contributed by atoms with E-state index >= 15 is 0 Å². The zero-order valence-corrected chi connectivity index (χ0v) is 10.3. The van der Waals surface area contributed by atoms with Crippen molar-refractivity contribution in [1.29, 1.82) is 0 Å². The number of nitro groups is 1. The maximum Gasteiger partial charge on any atom is 0.275 e. The zero-order valence-electron chi connectivity index (χ0n) is 10.3. The molecule has 1 fully saturated rings. The van der Waals surface area contributed by atoms with Crippen LogP contribution in [0.25, 0.3) is 0 Å². The molecule has 1 aromatic rings. The van der Waals surface area contributed by atoms with Gasteiger partial charge in [-0.3, -0.25) is 10.1 Å². The molecule has 0 radical (unpaired) electrons. The predicted molar refractivity (Wildman–Crippen MR) is 69.6 cm³/mol. The molecule has 0 aromatic heterocycles. The van der Waals surface area contributed by atoms with Crippen molar-refractivity contribution in [2.75, 3.05) is 12.3 Å². The number of ether oxygens (including phenoxy) is 1. The first-order chi connectivity index (χ1) is 8.65. The van der Waals surface area contributed by atoms with Crippen LogP contribution >= 0.6 is 0 Å². The van der Waals surface area contributed by atoms with Gasteiger partial charge in [0.2, 0.25) is 0 Å². The van der Waals surface area contributed by atoms with E-state index < -0.39 is 4.92 Å². The summed E-state index contributed by atoms with van der Waals surface area (Å²) >= 11 is 0. The fraction of sp³-hybridized carbons (Fsp3) is 0.538. The second kappa shape index (κ2) is 5.71. The maximum atomic E-state index is 10.7. The number of nitrogens with zero attached hydrogens (tertiary/aromatic N) is 1. The first kappa shape index (κ1) is 12.7. The average molecular weight is 250 g/mol. The Morgan fingerprint density at radius 1 is 1.28 bits per heavy atom. The van der Waals surface area contributed by atoms with E-state index in [-0.39, 0.29) is 5.69 Å². The minimum Gasteiger partial charge on any atom is -0.493 e. The lowest BCUT2D eigenvalue weighted by Crippen LogP contribution is -2.15. The van der Waals surface area contributed by atoms with E-state index in [1.807, 2.05) is 0 Å². The average Bonchev–Trinajstić information content (AvgIpc) is 2.37. The summed E-state index contributed by atoms with van der Waals surface area (Å²) in [4.78, 5) is 10.3. The molecule has 18 heavy (non-hydrogen) atoms. The molecule has 0 aliphatic heterocycles. The fourth-order valence-corrected chi connectivity index (χ4v) is 2.36. The van der Waals surface area contributed by atoms with Crippen LogP contribution in [0.2, 0.25) is 0 Å². The van der Waals surface area contributed by atoms with Crippen LogP contribution in [0, 0.1) is 16.0 Å². The molecule has 0 saturated heterocycles. The number of hydrogen-bond donors (Lipinski definition) is 1. The Balaban J connectivity index is 1.97. The van der Waals surface area contributed by atoms with Crippen molar-refractivity contribution in [3.8, 4) is 5.75 Å². The Hall–Kier alpha value is -1.78. The van der Waals surface area contributed by atoms with Gasteiger partial charge in [-0.25, -0.2) is 0 Å². The lowest BCUT2D eigenvalue weighted by molar-refractivity contribution is -0.384. The number of anilines is 1. The highest BCUT2D eigenvalue weighted by Gasteiger charge is 2.15. The third kappa shape index (κ3) is 3.35. The van der Waals surface area contributed by atoms with Gasteiger partial charge in [0.1, 0.15) is 5.75 Å². The molecular weight excluding hydrogens is 232 g/mol. The van der Waals surface area contributed by atoms with Gasteiger partial charge in [-0.2, -0.15) is 0 Å². The smallest absolute Gasteiger partial charge is 0.275 e. The van der Waals surface area contributed by atoms with Gasteiger partial charge in [0.25, 0.3) is 5.69 Å². The number of hydrogen-bond acceptors (Lipinski definition) is 4. The Labute approximate surface area is 106 Å². The molecule has 0 unspecified atom stereocenters. The van der Waals surface area contributed by atoms with Gasteiger partial charge in [0, 0.05) is 17.8 Å². The van der Waals surface area contributed by atoms with Crippen molar-refractivity contribution in [2.45, 2.75) is 32.1 Å². The predicted octanol–water partition coefficient (Wildman–Crippen LogP) is 3.14. The van der Waals surface area contributed by atoms with E-state index in [0.29, 0.717) is 24.0 Å². The van der Waals surface area contributed by atoms with Crippen molar-refractivity contribution >= 4 is 11.4 Å². The monoisotopic (exact) mass is 250 g/mol. The first-order valence-electron chi connectivity index (χ1n) is 6.33. The van der Waals surface area contributed by atoms with Crippen LogP contribution in [-0.4, -0.2) is 11.5 Å². The molecule has 0 bridgehead atoms. The van der Waals surface area contributed by atoms with Gasteiger partial charge in [0.05, 0.1) is 17.6 Å².